The molecule has 1 aliphatic rings. The van der Waals surface area contributed by atoms with Gasteiger partial charge >= 0.3 is 0 Å². The zero-order chi connectivity index (χ0) is 20.5. The fourth-order valence-corrected chi connectivity index (χ4v) is 4.05. The van der Waals surface area contributed by atoms with Crippen molar-refractivity contribution in [2.75, 3.05) is 19.7 Å². The normalized spacial score (nSPS) is 14.1. The number of hydrogen-bond donors (Lipinski definition) is 0. The van der Waals surface area contributed by atoms with Gasteiger partial charge in [-0.1, -0.05) is 72.0 Å². The van der Waals surface area contributed by atoms with Crippen LogP contribution in [0.15, 0.2) is 71.6 Å². The van der Waals surface area contributed by atoms with Crippen molar-refractivity contribution in [3.8, 4) is 11.8 Å². The summed E-state index contributed by atoms with van der Waals surface area (Å²) in [7, 11) is -3.59. The number of benzene rings is 2. The summed E-state index contributed by atoms with van der Waals surface area (Å²) in [5, 5.41) is 0. The monoisotopic (exact) mass is 409 g/mol. The first-order valence-electron chi connectivity index (χ1n) is 9.86. The van der Waals surface area contributed by atoms with Crippen LogP contribution in [0.2, 0.25) is 0 Å². The molecule has 0 N–H and O–H groups in total. The number of nitrogens with zero attached hydrogens (tertiary/aromatic N) is 1. The van der Waals surface area contributed by atoms with Crippen molar-refractivity contribution in [2.24, 2.45) is 5.92 Å². The maximum Gasteiger partial charge on any atom is 0.244 e. The second-order valence-corrected chi connectivity index (χ2v) is 9.15. The fraction of sp³-hybridized carbons (Fsp3) is 0.333. The van der Waals surface area contributed by atoms with Crippen molar-refractivity contribution in [1.82, 2.24) is 4.31 Å². The molecule has 0 heterocycles. The highest BCUT2D eigenvalue weighted by Gasteiger charge is 2.23. The zero-order valence-corrected chi connectivity index (χ0v) is 17.6. The molecule has 152 valence electrons. The summed E-state index contributed by atoms with van der Waals surface area (Å²) < 4.78 is 33.0. The molecule has 1 aliphatic carbocycles. The Bertz CT molecular complexity index is 966. The lowest BCUT2D eigenvalue weighted by Crippen LogP contribution is -2.31. The van der Waals surface area contributed by atoms with Crippen molar-refractivity contribution in [3.63, 3.8) is 0 Å². The smallest absolute Gasteiger partial charge is 0.244 e. The van der Waals surface area contributed by atoms with Gasteiger partial charge in [-0.05, 0) is 43.4 Å². The molecule has 0 amide bonds. The van der Waals surface area contributed by atoms with E-state index in [1.807, 2.05) is 55.5 Å². The Morgan fingerprint density at radius 2 is 1.79 bits per heavy atom. The van der Waals surface area contributed by atoms with Crippen molar-refractivity contribution in [2.45, 2.75) is 31.3 Å². The van der Waals surface area contributed by atoms with E-state index in [9.17, 15) is 8.42 Å². The highest BCUT2D eigenvalue weighted by atomic mass is 32.2. The number of hydrogen-bond acceptors (Lipinski definition) is 3. The lowest BCUT2D eigenvalue weighted by molar-refractivity contribution is 0.153. The van der Waals surface area contributed by atoms with Crippen LogP contribution in [-0.4, -0.2) is 32.4 Å². The van der Waals surface area contributed by atoms with Crippen molar-refractivity contribution in [1.29, 1.82) is 0 Å². The van der Waals surface area contributed by atoms with Gasteiger partial charge < -0.3 is 4.74 Å². The molecule has 3 rings (SSSR count). The third-order valence-electron chi connectivity index (χ3n) is 4.66. The van der Waals surface area contributed by atoms with Gasteiger partial charge in [0, 0.05) is 6.54 Å². The van der Waals surface area contributed by atoms with Crippen LogP contribution in [-0.2, 0) is 21.4 Å². The molecule has 0 unspecified atom stereocenters. The Labute approximate surface area is 174 Å². The third-order valence-corrected chi connectivity index (χ3v) is 6.49. The van der Waals surface area contributed by atoms with E-state index in [1.165, 1.54) is 17.1 Å². The van der Waals surface area contributed by atoms with E-state index >= 15 is 0 Å². The van der Waals surface area contributed by atoms with E-state index in [2.05, 4.69) is 17.9 Å². The minimum Gasteiger partial charge on any atom is -0.364 e. The number of sulfonamides is 1. The Kier molecular flexibility index (Phi) is 7.65. The molecule has 1 fully saturated rings. The lowest BCUT2D eigenvalue weighted by atomic mass is 10.2. The van der Waals surface area contributed by atoms with Gasteiger partial charge in [-0.25, -0.2) is 8.42 Å². The quantitative estimate of drug-likeness (QED) is 0.355. The summed E-state index contributed by atoms with van der Waals surface area (Å²) in [6, 6.07) is 16.8. The molecular weight excluding hydrogens is 382 g/mol. The molecule has 4 nitrogen and oxygen atoms in total. The Morgan fingerprint density at radius 1 is 1.07 bits per heavy atom. The molecule has 5 heteroatoms. The van der Waals surface area contributed by atoms with Gasteiger partial charge in [-0.15, -0.1) is 0 Å². The molecule has 0 spiro atoms. The van der Waals surface area contributed by atoms with E-state index < -0.39 is 10.0 Å². The fourth-order valence-electron chi connectivity index (χ4n) is 2.76. The highest BCUT2D eigenvalue weighted by molar-refractivity contribution is 7.89. The van der Waals surface area contributed by atoms with E-state index in [-0.39, 0.29) is 13.2 Å². The first kappa shape index (κ1) is 21.3. The average Bonchev–Trinajstić information content (AvgIpc) is 3.54. The average molecular weight is 410 g/mol. The number of aryl methyl sites for hydroxylation is 1. The van der Waals surface area contributed by atoms with Crippen LogP contribution in [0.4, 0.5) is 0 Å². The summed E-state index contributed by atoms with van der Waals surface area (Å²) in [5.41, 5.74) is 2.11. The molecule has 2 aromatic rings. The van der Waals surface area contributed by atoms with Gasteiger partial charge in [-0.3, -0.25) is 0 Å². The van der Waals surface area contributed by atoms with Crippen LogP contribution in [0, 0.1) is 24.7 Å². The second kappa shape index (κ2) is 10.4. The first-order valence-corrected chi connectivity index (χ1v) is 11.3. The minimum atomic E-state index is -3.59. The van der Waals surface area contributed by atoms with Gasteiger partial charge in [0.2, 0.25) is 10.0 Å². The van der Waals surface area contributed by atoms with Crippen LogP contribution < -0.4 is 0 Å². The predicted molar refractivity (Wildman–Crippen MR) is 116 cm³/mol. The molecule has 1 saturated carbocycles. The van der Waals surface area contributed by atoms with Crippen LogP contribution in [0.3, 0.4) is 0 Å². The SMILES string of the molecule is Cc1ccc(S(=O)(=O)N(CC#CCOCc2ccccc2)C/C=C/C2CC2)cc1. The largest absolute Gasteiger partial charge is 0.364 e. The maximum absolute atomic E-state index is 13.0. The Morgan fingerprint density at radius 3 is 2.48 bits per heavy atom. The number of ether oxygens (including phenoxy) is 1. The van der Waals surface area contributed by atoms with Gasteiger partial charge in [0.15, 0.2) is 0 Å². The van der Waals surface area contributed by atoms with Crippen molar-refractivity contribution >= 4 is 10.0 Å². The predicted octanol–water partition coefficient (Wildman–Crippen LogP) is 4.17. The van der Waals surface area contributed by atoms with Crippen LogP contribution >= 0.6 is 0 Å². The van der Waals surface area contributed by atoms with E-state index in [0.29, 0.717) is 24.0 Å². The Hall–Kier alpha value is -2.39. The maximum atomic E-state index is 13.0. The third kappa shape index (κ3) is 6.86. The summed E-state index contributed by atoms with van der Waals surface area (Å²) in [4.78, 5) is 0.296. The number of rotatable bonds is 9. The van der Waals surface area contributed by atoms with Gasteiger partial charge in [0.25, 0.3) is 0 Å². The van der Waals surface area contributed by atoms with Crippen LogP contribution in [0.1, 0.15) is 24.0 Å². The molecular formula is C24H27NO3S. The van der Waals surface area contributed by atoms with Gasteiger partial charge in [0.05, 0.1) is 18.0 Å². The van der Waals surface area contributed by atoms with Gasteiger partial charge in [0.1, 0.15) is 6.61 Å². The number of allylic oxidation sites excluding steroid dienone is 1. The van der Waals surface area contributed by atoms with E-state index in [0.717, 1.165) is 11.1 Å². The summed E-state index contributed by atoms with van der Waals surface area (Å²) in [6.45, 7) is 3.16. The first-order chi connectivity index (χ1) is 14.1. The van der Waals surface area contributed by atoms with E-state index in [1.54, 1.807) is 12.1 Å². The zero-order valence-electron chi connectivity index (χ0n) is 16.8. The highest BCUT2D eigenvalue weighted by Crippen LogP contribution is 2.30. The Balaban J connectivity index is 1.60. The molecule has 2 aromatic carbocycles. The van der Waals surface area contributed by atoms with Crippen LogP contribution in [0.5, 0.6) is 0 Å². The molecule has 0 radical (unpaired) electrons. The molecule has 0 aliphatic heterocycles. The molecule has 29 heavy (non-hydrogen) atoms. The molecule has 0 saturated heterocycles. The minimum absolute atomic E-state index is 0.139. The topological polar surface area (TPSA) is 46.6 Å². The lowest BCUT2D eigenvalue weighted by Gasteiger charge is -2.18. The summed E-state index contributed by atoms with van der Waals surface area (Å²) >= 11 is 0. The molecule has 0 atom stereocenters. The second-order valence-electron chi connectivity index (χ2n) is 7.21. The standard InChI is InChI=1S/C24H27NO3S/c1-21-11-15-24(16-12-21)29(26,27)25(18-7-10-22-13-14-22)17-5-6-19-28-20-23-8-3-2-4-9-23/h2-4,7-12,15-16,22H,13-14,17-20H2,1H3/b10-7+. The van der Waals surface area contributed by atoms with Gasteiger partial charge in [-0.2, -0.15) is 4.31 Å². The summed E-state index contributed by atoms with van der Waals surface area (Å²) in [5.74, 6) is 6.49. The molecule has 0 bridgehead atoms. The summed E-state index contributed by atoms with van der Waals surface area (Å²) in [6.07, 6.45) is 6.44. The van der Waals surface area contributed by atoms with Crippen molar-refractivity contribution in [3.05, 3.63) is 77.9 Å². The van der Waals surface area contributed by atoms with E-state index in [4.69, 9.17) is 4.74 Å². The van der Waals surface area contributed by atoms with Crippen molar-refractivity contribution < 1.29 is 13.2 Å². The van der Waals surface area contributed by atoms with Crippen LogP contribution in [0.25, 0.3) is 0 Å². The molecule has 0 aromatic heterocycles.